The van der Waals surface area contributed by atoms with Crippen LogP contribution < -0.4 is 5.73 Å². The molecular formula is C13H21NOS. The Hall–Kier alpha value is -0.380. The van der Waals surface area contributed by atoms with Gasteiger partial charge in [-0.3, -0.25) is 0 Å². The van der Waals surface area contributed by atoms with Gasteiger partial charge in [0.15, 0.2) is 0 Å². The fourth-order valence-corrected chi connectivity index (χ4v) is 3.10. The van der Waals surface area contributed by atoms with Crippen molar-refractivity contribution in [3.8, 4) is 0 Å². The first kappa shape index (κ1) is 12.1. The van der Waals surface area contributed by atoms with E-state index in [4.69, 9.17) is 10.5 Å². The highest BCUT2D eigenvalue weighted by Gasteiger charge is 2.19. The van der Waals surface area contributed by atoms with Crippen molar-refractivity contribution < 1.29 is 4.74 Å². The summed E-state index contributed by atoms with van der Waals surface area (Å²) in [7, 11) is 0. The zero-order chi connectivity index (χ0) is 11.2. The molecule has 2 nitrogen and oxygen atoms in total. The second kappa shape index (κ2) is 6.38. The zero-order valence-electron chi connectivity index (χ0n) is 9.73. The lowest BCUT2D eigenvalue weighted by Gasteiger charge is -2.22. The average Bonchev–Trinajstić information content (AvgIpc) is 2.71. The van der Waals surface area contributed by atoms with E-state index in [2.05, 4.69) is 17.5 Å². The van der Waals surface area contributed by atoms with E-state index in [9.17, 15) is 0 Å². The zero-order valence-corrected chi connectivity index (χ0v) is 10.5. The molecule has 3 heteroatoms. The fraction of sp³-hybridized carbons (Fsp3) is 0.692. The molecule has 1 aliphatic rings. The quantitative estimate of drug-likeness (QED) is 0.816. The van der Waals surface area contributed by atoms with E-state index in [-0.39, 0.29) is 6.10 Å². The summed E-state index contributed by atoms with van der Waals surface area (Å²) < 4.78 is 6.15. The first-order valence-electron chi connectivity index (χ1n) is 6.29. The minimum Gasteiger partial charge on any atom is -0.368 e. The van der Waals surface area contributed by atoms with Crippen molar-refractivity contribution in [1.29, 1.82) is 0 Å². The summed E-state index contributed by atoms with van der Waals surface area (Å²) in [5.74, 6) is 0. The molecule has 0 radical (unpaired) electrons. The highest BCUT2D eigenvalue weighted by molar-refractivity contribution is 7.10. The van der Waals surface area contributed by atoms with Crippen LogP contribution in [-0.4, -0.2) is 12.6 Å². The van der Waals surface area contributed by atoms with Gasteiger partial charge in [0.2, 0.25) is 0 Å². The maximum atomic E-state index is 6.15. The topological polar surface area (TPSA) is 35.2 Å². The number of ether oxygens (including phenoxy) is 1. The molecule has 0 saturated heterocycles. The number of nitrogens with two attached hydrogens (primary N) is 1. The van der Waals surface area contributed by atoms with Crippen molar-refractivity contribution in [1.82, 2.24) is 0 Å². The molecule has 1 aromatic rings. The van der Waals surface area contributed by atoms with Gasteiger partial charge in [-0.25, -0.2) is 0 Å². The van der Waals surface area contributed by atoms with Crippen LogP contribution in [0, 0.1) is 0 Å². The van der Waals surface area contributed by atoms with Crippen LogP contribution in [0.1, 0.15) is 49.5 Å². The van der Waals surface area contributed by atoms with Crippen molar-refractivity contribution in [3.63, 3.8) is 0 Å². The van der Waals surface area contributed by atoms with Crippen molar-refractivity contribution in [2.75, 3.05) is 6.54 Å². The molecular weight excluding hydrogens is 218 g/mol. The Kier molecular flexibility index (Phi) is 4.82. The third-order valence-corrected chi connectivity index (χ3v) is 4.20. The largest absolute Gasteiger partial charge is 0.368 e. The molecule has 1 heterocycles. The molecule has 16 heavy (non-hydrogen) atoms. The number of hydrogen-bond acceptors (Lipinski definition) is 3. The molecule has 1 atom stereocenters. The number of rotatable bonds is 4. The van der Waals surface area contributed by atoms with Crippen molar-refractivity contribution in [2.45, 2.75) is 50.7 Å². The molecule has 0 aliphatic heterocycles. The Morgan fingerprint density at radius 3 is 2.62 bits per heavy atom. The van der Waals surface area contributed by atoms with Crippen LogP contribution in [0.2, 0.25) is 0 Å². The van der Waals surface area contributed by atoms with Crippen molar-refractivity contribution >= 4 is 11.3 Å². The molecule has 90 valence electrons. The second-order valence-corrected chi connectivity index (χ2v) is 5.47. The van der Waals surface area contributed by atoms with Crippen LogP contribution in [0.15, 0.2) is 17.5 Å². The van der Waals surface area contributed by atoms with Crippen LogP contribution in [-0.2, 0) is 4.74 Å². The Labute approximate surface area is 102 Å². The fourth-order valence-electron chi connectivity index (χ4n) is 2.32. The summed E-state index contributed by atoms with van der Waals surface area (Å²) >= 11 is 1.74. The van der Waals surface area contributed by atoms with Gasteiger partial charge in [-0.05, 0) is 24.3 Å². The van der Waals surface area contributed by atoms with E-state index < -0.39 is 0 Å². The molecule has 1 saturated carbocycles. The molecule has 1 aliphatic carbocycles. The molecule has 1 aromatic heterocycles. The van der Waals surface area contributed by atoms with Crippen LogP contribution in [0.3, 0.4) is 0 Å². The van der Waals surface area contributed by atoms with Gasteiger partial charge in [-0.2, -0.15) is 0 Å². The maximum Gasteiger partial charge on any atom is 0.104 e. The lowest BCUT2D eigenvalue weighted by molar-refractivity contribution is -0.0143. The van der Waals surface area contributed by atoms with Gasteiger partial charge in [0, 0.05) is 11.4 Å². The van der Waals surface area contributed by atoms with Crippen LogP contribution in [0.4, 0.5) is 0 Å². The van der Waals surface area contributed by atoms with E-state index in [1.54, 1.807) is 11.3 Å². The summed E-state index contributed by atoms with van der Waals surface area (Å²) in [6.45, 7) is 0.594. The molecule has 2 rings (SSSR count). The predicted molar refractivity (Wildman–Crippen MR) is 68.7 cm³/mol. The third kappa shape index (κ3) is 3.30. The normalized spacial score (nSPS) is 20.6. The highest BCUT2D eigenvalue weighted by Crippen LogP contribution is 2.27. The number of thiophene rings is 1. The van der Waals surface area contributed by atoms with E-state index >= 15 is 0 Å². The lowest BCUT2D eigenvalue weighted by atomic mass is 10.1. The minimum atomic E-state index is 0.114. The molecule has 0 spiro atoms. The first-order valence-corrected chi connectivity index (χ1v) is 7.17. The van der Waals surface area contributed by atoms with Gasteiger partial charge >= 0.3 is 0 Å². The predicted octanol–water partition coefficient (Wildman–Crippen LogP) is 3.49. The van der Waals surface area contributed by atoms with Crippen molar-refractivity contribution in [2.24, 2.45) is 5.73 Å². The van der Waals surface area contributed by atoms with Gasteiger partial charge < -0.3 is 10.5 Å². The van der Waals surface area contributed by atoms with Gasteiger partial charge in [-0.15, -0.1) is 11.3 Å². The van der Waals surface area contributed by atoms with Gasteiger partial charge in [0.05, 0.1) is 6.10 Å². The Morgan fingerprint density at radius 2 is 2.06 bits per heavy atom. The second-order valence-electron chi connectivity index (χ2n) is 4.49. The SMILES string of the molecule is NCC(OC1CCCCCC1)c1cccs1. The van der Waals surface area contributed by atoms with Crippen LogP contribution in [0.25, 0.3) is 0 Å². The molecule has 2 N–H and O–H groups in total. The average molecular weight is 239 g/mol. The van der Waals surface area contributed by atoms with Crippen LogP contribution in [0.5, 0.6) is 0 Å². The van der Waals surface area contributed by atoms with E-state index in [0.29, 0.717) is 12.6 Å². The van der Waals surface area contributed by atoms with E-state index in [0.717, 1.165) is 0 Å². The molecule has 0 bridgehead atoms. The number of hydrogen-bond donors (Lipinski definition) is 1. The summed E-state index contributed by atoms with van der Waals surface area (Å²) in [4.78, 5) is 1.27. The standard InChI is InChI=1S/C13H21NOS/c14-10-12(13-8-5-9-16-13)15-11-6-3-1-2-4-7-11/h5,8-9,11-12H,1-4,6-7,10,14H2. The first-order chi connectivity index (χ1) is 7.90. The minimum absolute atomic E-state index is 0.114. The van der Waals surface area contributed by atoms with Crippen molar-refractivity contribution in [3.05, 3.63) is 22.4 Å². The maximum absolute atomic E-state index is 6.15. The summed E-state index contributed by atoms with van der Waals surface area (Å²) in [5.41, 5.74) is 5.80. The molecule has 1 fully saturated rings. The monoisotopic (exact) mass is 239 g/mol. The lowest BCUT2D eigenvalue weighted by Crippen LogP contribution is -2.21. The Bertz CT molecular complexity index is 278. The smallest absolute Gasteiger partial charge is 0.104 e. The Balaban J connectivity index is 1.90. The Morgan fingerprint density at radius 1 is 1.31 bits per heavy atom. The van der Waals surface area contributed by atoms with Gasteiger partial charge in [0.1, 0.15) is 6.10 Å². The molecule has 1 unspecified atom stereocenters. The third-order valence-electron chi connectivity index (χ3n) is 3.23. The molecule has 0 aromatic carbocycles. The van der Waals surface area contributed by atoms with E-state index in [1.165, 1.54) is 43.4 Å². The summed E-state index contributed by atoms with van der Waals surface area (Å²) in [6.07, 6.45) is 8.32. The van der Waals surface area contributed by atoms with E-state index in [1.807, 2.05) is 0 Å². The van der Waals surface area contributed by atoms with Gasteiger partial charge in [0.25, 0.3) is 0 Å². The highest BCUT2D eigenvalue weighted by atomic mass is 32.1. The van der Waals surface area contributed by atoms with Crippen LogP contribution >= 0.6 is 11.3 Å². The summed E-state index contributed by atoms with van der Waals surface area (Å²) in [6, 6.07) is 4.19. The molecule has 0 amide bonds. The summed E-state index contributed by atoms with van der Waals surface area (Å²) in [5, 5.41) is 2.09. The van der Waals surface area contributed by atoms with Gasteiger partial charge in [-0.1, -0.05) is 31.7 Å².